The average Bonchev–Trinajstić information content (AvgIpc) is 3.15. The molecular formula is C17H20N4O4S. The fraction of sp³-hybridized carbons (Fsp3) is 0.294. The second-order valence-electron chi connectivity index (χ2n) is 5.88. The highest BCUT2D eigenvalue weighted by molar-refractivity contribution is 7.89. The summed E-state index contributed by atoms with van der Waals surface area (Å²) in [5.74, 6) is 1.20. The van der Waals surface area contributed by atoms with Crippen molar-refractivity contribution in [1.82, 2.24) is 19.9 Å². The summed E-state index contributed by atoms with van der Waals surface area (Å²) in [7, 11) is -2.24. The minimum Gasteiger partial charge on any atom is -0.497 e. The van der Waals surface area contributed by atoms with Gasteiger partial charge in [0.15, 0.2) is 0 Å². The average molecular weight is 376 g/mol. The lowest BCUT2D eigenvalue weighted by Gasteiger charge is -2.09. The molecule has 0 radical (unpaired) electrons. The number of nitrogens with one attached hydrogen (secondary N) is 2. The Hall–Kier alpha value is -2.65. The molecule has 0 saturated heterocycles. The summed E-state index contributed by atoms with van der Waals surface area (Å²) in [5.41, 5.74) is 2.33. The van der Waals surface area contributed by atoms with E-state index in [1.54, 1.807) is 46.1 Å². The number of sulfonamides is 1. The van der Waals surface area contributed by atoms with E-state index >= 15 is 0 Å². The molecule has 0 aliphatic carbocycles. The van der Waals surface area contributed by atoms with Crippen LogP contribution in [0.5, 0.6) is 5.75 Å². The van der Waals surface area contributed by atoms with Crippen molar-refractivity contribution in [3.63, 3.8) is 0 Å². The maximum atomic E-state index is 12.9. The van der Waals surface area contributed by atoms with E-state index in [4.69, 9.17) is 9.15 Å². The van der Waals surface area contributed by atoms with Crippen molar-refractivity contribution in [3.8, 4) is 17.2 Å². The zero-order chi connectivity index (χ0) is 18.9. The summed E-state index contributed by atoms with van der Waals surface area (Å²) in [5, 5.41) is 7.75. The van der Waals surface area contributed by atoms with E-state index < -0.39 is 10.0 Å². The zero-order valence-corrected chi connectivity index (χ0v) is 15.8. The molecule has 0 atom stereocenters. The number of aromatic nitrogens is 3. The molecule has 2 aromatic heterocycles. The molecule has 9 heteroatoms. The number of rotatable bonds is 6. The molecule has 0 amide bonds. The number of ether oxygens (including phenoxy) is 1. The summed E-state index contributed by atoms with van der Waals surface area (Å²) in [6.07, 6.45) is 0. The van der Waals surface area contributed by atoms with Crippen LogP contribution in [-0.2, 0) is 16.6 Å². The third-order valence-electron chi connectivity index (χ3n) is 3.93. The Bertz CT molecular complexity index is 1040. The van der Waals surface area contributed by atoms with Crippen LogP contribution in [0.15, 0.2) is 33.6 Å². The van der Waals surface area contributed by atoms with E-state index in [0.717, 1.165) is 5.56 Å². The first-order chi connectivity index (χ1) is 12.3. The molecule has 0 aliphatic rings. The van der Waals surface area contributed by atoms with Gasteiger partial charge in [-0.2, -0.15) is 0 Å². The molecule has 2 heterocycles. The van der Waals surface area contributed by atoms with Crippen LogP contribution in [-0.4, -0.2) is 30.7 Å². The second-order valence-corrected chi connectivity index (χ2v) is 7.59. The van der Waals surface area contributed by atoms with E-state index in [0.29, 0.717) is 28.6 Å². The monoisotopic (exact) mass is 376 g/mol. The van der Waals surface area contributed by atoms with Gasteiger partial charge in [-0.1, -0.05) is 12.1 Å². The third kappa shape index (κ3) is 3.49. The second kappa shape index (κ2) is 6.93. The normalized spacial score (nSPS) is 11.7. The summed E-state index contributed by atoms with van der Waals surface area (Å²) < 4.78 is 39.1. The smallest absolute Gasteiger partial charge is 0.250 e. The number of methoxy groups -OCH3 is 1. The molecular weight excluding hydrogens is 356 g/mol. The molecule has 0 aliphatic heterocycles. The van der Waals surface area contributed by atoms with E-state index in [9.17, 15) is 8.42 Å². The van der Waals surface area contributed by atoms with Crippen LogP contribution in [0.4, 0.5) is 0 Å². The lowest BCUT2D eigenvalue weighted by atomic mass is 10.2. The Balaban J connectivity index is 1.94. The number of hydrogen-bond acceptors (Lipinski definition) is 6. The minimum atomic E-state index is -3.81. The number of hydrogen-bond donors (Lipinski definition) is 2. The molecule has 0 bridgehead atoms. The van der Waals surface area contributed by atoms with Gasteiger partial charge >= 0.3 is 0 Å². The molecule has 0 fully saturated rings. The quantitative estimate of drug-likeness (QED) is 0.684. The summed E-state index contributed by atoms with van der Waals surface area (Å²) in [4.78, 5) is 3.15. The first-order valence-electron chi connectivity index (χ1n) is 7.94. The van der Waals surface area contributed by atoms with Crippen LogP contribution >= 0.6 is 0 Å². The number of nitrogens with zero attached hydrogens (tertiary/aromatic N) is 2. The van der Waals surface area contributed by atoms with Crippen LogP contribution < -0.4 is 9.46 Å². The number of benzene rings is 1. The highest BCUT2D eigenvalue weighted by Crippen LogP contribution is 2.32. The van der Waals surface area contributed by atoms with Gasteiger partial charge < -0.3 is 14.1 Å². The molecule has 26 heavy (non-hydrogen) atoms. The summed E-state index contributed by atoms with van der Waals surface area (Å²) in [6.45, 7) is 5.24. The van der Waals surface area contributed by atoms with Gasteiger partial charge in [0.2, 0.25) is 15.9 Å². The van der Waals surface area contributed by atoms with Crippen molar-refractivity contribution in [2.75, 3.05) is 7.11 Å². The predicted molar refractivity (Wildman–Crippen MR) is 95.3 cm³/mol. The Morgan fingerprint density at radius 1 is 1.19 bits per heavy atom. The number of H-pyrrole nitrogens is 1. The molecule has 138 valence electrons. The maximum Gasteiger partial charge on any atom is 0.250 e. The van der Waals surface area contributed by atoms with Crippen LogP contribution in [0.1, 0.15) is 22.8 Å². The molecule has 1 aromatic carbocycles. The van der Waals surface area contributed by atoms with Gasteiger partial charge in [0, 0.05) is 24.9 Å². The van der Waals surface area contributed by atoms with Gasteiger partial charge in [0.05, 0.1) is 12.7 Å². The van der Waals surface area contributed by atoms with Crippen molar-refractivity contribution in [2.24, 2.45) is 0 Å². The Labute approximate surface area is 151 Å². The van der Waals surface area contributed by atoms with Gasteiger partial charge in [0.1, 0.15) is 10.6 Å². The first-order valence-corrected chi connectivity index (χ1v) is 9.42. The number of aromatic amines is 1. The van der Waals surface area contributed by atoms with E-state index in [1.165, 1.54) is 0 Å². The van der Waals surface area contributed by atoms with Crippen molar-refractivity contribution < 1.29 is 17.6 Å². The Morgan fingerprint density at radius 3 is 2.62 bits per heavy atom. The predicted octanol–water partition coefficient (Wildman–Crippen LogP) is 2.48. The number of aryl methyl sites for hydroxylation is 3. The van der Waals surface area contributed by atoms with Crippen LogP contribution in [0.2, 0.25) is 0 Å². The van der Waals surface area contributed by atoms with Crippen LogP contribution in [0.25, 0.3) is 11.5 Å². The lowest BCUT2D eigenvalue weighted by Crippen LogP contribution is -2.24. The zero-order valence-electron chi connectivity index (χ0n) is 15.0. The van der Waals surface area contributed by atoms with E-state index in [-0.39, 0.29) is 17.3 Å². The maximum absolute atomic E-state index is 12.9. The van der Waals surface area contributed by atoms with Crippen molar-refractivity contribution in [3.05, 3.63) is 47.1 Å². The van der Waals surface area contributed by atoms with Crippen molar-refractivity contribution in [1.29, 1.82) is 0 Å². The minimum absolute atomic E-state index is 0.113. The van der Waals surface area contributed by atoms with Gasteiger partial charge in [-0.25, -0.2) is 13.1 Å². The lowest BCUT2D eigenvalue weighted by molar-refractivity contribution is 0.414. The Kier molecular flexibility index (Phi) is 4.84. The molecule has 3 rings (SSSR count). The molecule has 0 saturated carbocycles. The highest BCUT2D eigenvalue weighted by Gasteiger charge is 2.28. The summed E-state index contributed by atoms with van der Waals surface area (Å²) >= 11 is 0. The topological polar surface area (TPSA) is 110 Å². The van der Waals surface area contributed by atoms with Crippen molar-refractivity contribution >= 4 is 10.0 Å². The van der Waals surface area contributed by atoms with E-state index in [2.05, 4.69) is 19.9 Å². The molecule has 8 nitrogen and oxygen atoms in total. The van der Waals surface area contributed by atoms with Gasteiger partial charge in [-0.3, -0.25) is 0 Å². The van der Waals surface area contributed by atoms with Crippen LogP contribution in [0.3, 0.4) is 0 Å². The van der Waals surface area contributed by atoms with Gasteiger partial charge in [-0.15, -0.1) is 10.2 Å². The SMILES string of the molecule is COc1cccc(CNS(=O)(=O)c2c(C)[nH]c(C)c2-c2nnc(C)o2)c1. The molecule has 0 unspecified atom stereocenters. The summed E-state index contributed by atoms with van der Waals surface area (Å²) in [6, 6.07) is 7.21. The largest absolute Gasteiger partial charge is 0.497 e. The third-order valence-corrected chi connectivity index (χ3v) is 5.50. The van der Waals surface area contributed by atoms with Crippen molar-refractivity contribution in [2.45, 2.75) is 32.2 Å². The molecule has 0 spiro atoms. The van der Waals surface area contributed by atoms with Crippen LogP contribution in [0, 0.1) is 20.8 Å². The van der Waals surface area contributed by atoms with Gasteiger partial charge in [0.25, 0.3) is 5.89 Å². The van der Waals surface area contributed by atoms with Gasteiger partial charge in [-0.05, 0) is 31.5 Å². The fourth-order valence-corrected chi connectivity index (χ4v) is 4.25. The van der Waals surface area contributed by atoms with E-state index in [1.807, 2.05) is 6.07 Å². The Morgan fingerprint density at radius 2 is 1.96 bits per heavy atom. The highest BCUT2D eigenvalue weighted by atomic mass is 32.2. The molecule has 2 N–H and O–H groups in total. The first kappa shape index (κ1) is 18.2. The molecule has 3 aromatic rings. The fourth-order valence-electron chi connectivity index (χ4n) is 2.78. The standard InChI is InChI=1S/C17H20N4O4S/c1-10-15(17-21-20-12(3)25-17)16(11(2)19-10)26(22,23)18-9-13-6-5-7-14(8-13)24-4/h5-8,18-19H,9H2,1-4H3.